The Hall–Kier alpha value is -2.34. The highest BCUT2D eigenvalue weighted by atomic mass is 32.1. The molecule has 6 heteroatoms. The number of carbonyl (C=O) groups excluding carboxylic acids is 2. The monoisotopic (exact) mass is 316 g/mol. The minimum absolute atomic E-state index is 0.106. The van der Waals surface area contributed by atoms with Crippen molar-refractivity contribution in [2.45, 2.75) is 6.04 Å². The number of piperazine rings is 1. The maximum absolute atomic E-state index is 12.6. The van der Waals surface area contributed by atoms with Crippen molar-refractivity contribution in [3.63, 3.8) is 0 Å². The predicted octanol–water partition coefficient (Wildman–Crippen LogP) is 2.07. The molecule has 1 saturated heterocycles. The SMILES string of the molecule is COc1ccc(C2C(=O)NCCN2C(=O)c2cccs2)cc1. The molecule has 1 N–H and O–H groups in total. The molecule has 22 heavy (non-hydrogen) atoms. The molecule has 2 heterocycles. The Bertz CT molecular complexity index is 667. The van der Waals surface area contributed by atoms with Crippen LogP contribution in [0.15, 0.2) is 41.8 Å². The number of carbonyl (C=O) groups is 2. The molecule has 114 valence electrons. The normalized spacial score (nSPS) is 18.0. The van der Waals surface area contributed by atoms with Gasteiger partial charge in [-0.1, -0.05) is 18.2 Å². The minimum atomic E-state index is -0.603. The zero-order chi connectivity index (χ0) is 15.5. The lowest BCUT2D eigenvalue weighted by atomic mass is 10.0. The summed E-state index contributed by atoms with van der Waals surface area (Å²) in [5, 5.41) is 4.69. The summed E-state index contributed by atoms with van der Waals surface area (Å²) >= 11 is 1.39. The van der Waals surface area contributed by atoms with Gasteiger partial charge in [-0.3, -0.25) is 9.59 Å². The molecule has 1 aromatic heterocycles. The van der Waals surface area contributed by atoms with E-state index in [4.69, 9.17) is 4.74 Å². The number of ether oxygens (including phenoxy) is 1. The van der Waals surface area contributed by atoms with E-state index in [1.807, 2.05) is 23.6 Å². The number of hydrogen-bond donors (Lipinski definition) is 1. The molecule has 1 aromatic carbocycles. The van der Waals surface area contributed by atoms with Gasteiger partial charge in [0.1, 0.15) is 11.8 Å². The Morgan fingerprint density at radius 2 is 2.09 bits per heavy atom. The van der Waals surface area contributed by atoms with E-state index in [0.29, 0.717) is 18.0 Å². The Balaban J connectivity index is 1.92. The standard InChI is InChI=1S/C16H16N2O3S/c1-21-12-6-4-11(5-7-12)14-15(19)17-8-9-18(14)16(20)13-3-2-10-22-13/h2-7,10,14H,8-9H2,1H3,(H,17,19). The predicted molar refractivity (Wildman–Crippen MR) is 84.1 cm³/mol. The van der Waals surface area contributed by atoms with Crippen LogP contribution in [0, 0.1) is 0 Å². The number of amides is 2. The van der Waals surface area contributed by atoms with Gasteiger partial charge in [-0.15, -0.1) is 11.3 Å². The lowest BCUT2D eigenvalue weighted by molar-refractivity contribution is -0.128. The molecule has 1 aliphatic heterocycles. The van der Waals surface area contributed by atoms with Gasteiger partial charge in [0.05, 0.1) is 12.0 Å². The smallest absolute Gasteiger partial charge is 0.264 e. The minimum Gasteiger partial charge on any atom is -0.497 e. The van der Waals surface area contributed by atoms with Crippen LogP contribution in [0.25, 0.3) is 0 Å². The number of benzene rings is 1. The molecule has 0 aliphatic carbocycles. The van der Waals surface area contributed by atoms with Crippen LogP contribution in [0.3, 0.4) is 0 Å². The van der Waals surface area contributed by atoms with Crippen LogP contribution in [-0.4, -0.2) is 36.9 Å². The van der Waals surface area contributed by atoms with E-state index in [1.165, 1.54) is 11.3 Å². The lowest BCUT2D eigenvalue weighted by Crippen LogP contribution is -2.52. The highest BCUT2D eigenvalue weighted by molar-refractivity contribution is 7.12. The highest BCUT2D eigenvalue weighted by Crippen LogP contribution is 2.27. The average Bonchev–Trinajstić information content (AvgIpc) is 3.08. The van der Waals surface area contributed by atoms with Gasteiger partial charge in [0.25, 0.3) is 5.91 Å². The van der Waals surface area contributed by atoms with E-state index in [9.17, 15) is 9.59 Å². The van der Waals surface area contributed by atoms with Crippen LogP contribution in [0.2, 0.25) is 0 Å². The number of thiophene rings is 1. The summed E-state index contributed by atoms with van der Waals surface area (Å²) in [5.41, 5.74) is 0.780. The van der Waals surface area contributed by atoms with Gasteiger partial charge in [0.2, 0.25) is 5.91 Å². The first kappa shape index (κ1) is 14.6. The van der Waals surface area contributed by atoms with Crippen LogP contribution < -0.4 is 10.1 Å². The molecule has 2 amide bonds. The first-order chi connectivity index (χ1) is 10.7. The maximum Gasteiger partial charge on any atom is 0.264 e. The molecule has 1 fully saturated rings. The van der Waals surface area contributed by atoms with E-state index in [-0.39, 0.29) is 11.8 Å². The van der Waals surface area contributed by atoms with Crippen molar-refractivity contribution in [2.24, 2.45) is 0 Å². The summed E-state index contributed by atoms with van der Waals surface area (Å²) in [5.74, 6) is 0.461. The van der Waals surface area contributed by atoms with Crippen molar-refractivity contribution >= 4 is 23.2 Å². The second kappa shape index (κ2) is 6.19. The lowest BCUT2D eigenvalue weighted by Gasteiger charge is -2.35. The van der Waals surface area contributed by atoms with Crippen molar-refractivity contribution in [3.05, 3.63) is 52.2 Å². The molecule has 0 radical (unpaired) electrons. The molecule has 2 aromatic rings. The third-order valence-electron chi connectivity index (χ3n) is 3.64. The van der Waals surface area contributed by atoms with Crippen LogP contribution in [0.5, 0.6) is 5.75 Å². The number of nitrogens with one attached hydrogen (secondary N) is 1. The summed E-state index contributed by atoms with van der Waals surface area (Å²) in [6.07, 6.45) is 0. The third-order valence-corrected chi connectivity index (χ3v) is 4.49. The van der Waals surface area contributed by atoms with E-state index in [0.717, 1.165) is 11.3 Å². The molecule has 5 nitrogen and oxygen atoms in total. The maximum atomic E-state index is 12.6. The van der Waals surface area contributed by atoms with Gasteiger partial charge in [-0.25, -0.2) is 0 Å². The van der Waals surface area contributed by atoms with E-state index < -0.39 is 6.04 Å². The van der Waals surface area contributed by atoms with E-state index in [2.05, 4.69) is 5.32 Å². The van der Waals surface area contributed by atoms with Gasteiger partial charge in [-0.2, -0.15) is 0 Å². The van der Waals surface area contributed by atoms with Gasteiger partial charge in [0.15, 0.2) is 0 Å². The summed E-state index contributed by atoms with van der Waals surface area (Å²) in [6.45, 7) is 0.974. The fraction of sp³-hybridized carbons (Fsp3) is 0.250. The molecular formula is C16H16N2O3S. The summed E-state index contributed by atoms with van der Waals surface area (Å²) in [6, 6.07) is 10.3. The van der Waals surface area contributed by atoms with Gasteiger partial charge in [-0.05, 0) is 29.1 Å². The largest absolute Gasteiger partial charge is 0.497 e. The summed E-state index contributed by atoms with van der Waals surface area (Å²) < 4.78 is 5.14. The fourth-order valence-corrected chi connectivity index (χ4v) is 3.22. The zero-order valence-corrected chi connectivity index (χ0v) is 12.9. The molecule has 3 rings (SSSR count). The topological polar surface area (TPSA) is 58.6 Å². The fourth-order valence-electron chi connectivity index (χ4n) is 2.54. The van der Waals surface area contributed by atoms with Crippen LogP contribution in [-0.2, 0) is 4.79 Å². The van der Waals surface area contributed by atoms with E-state index in [1.54, 1.807) is 30.2 Å². The average molecular weight is 316 g/mol. The van der Waals surface area contributed by atoms with Crippen LogP contribution in [0.1, 0.15) is 21.3 Å². The Morgan fingerprint density at radius 3 is 2.73 bits per heavy atom. The molecule has 0 bridgehead atoms. The van der Waals surface area contributed by atoms with Crippen molar-refractivity contribution in [1.82, 2.24) is 10.2 Å². The molecule has 1 aliphatic rings. The second-order valence-electron chi connectivity index (χ2n) is 4.94. The van der Waals surface area contributed by atoms with Crippen molar-refractivity contribution in [2.75, 3.05) is 20.2 Å². The quantitative estimate of drug-likeness (QED) is 0.943. The Kier molecular flexibility index (Phi) is 4.11. The van der Waals surface area contributed by atoms with Crippen molar-refractivity contribution in [3.8, 4) is 5.75 Å². The van der Waals surface area contributed by atoms with Crippen molar-refractivity contribution < 1.29 is 14.3 Å². The Labute approximate surface area is 132 Å². The molecular weight excluding hydrogens is 300 g/mol. The zero-order valence-electron chi connectivity index (χ0n) is 12.1. The number of methoxy groups -OCH3 is 1. The number of nitrogens with zero attached hydrogens (tertiary/aromatic N) is 1. The highest BCUT2D eigenvalue weighted by Gasteiger charge is 2.35. The third kappa shape index (κ3) is 2.69. The van der Waals surface area contributed by atoms with Gasteiger partial charge >= 0.3 is 0 Å². The van der Waals surface area contributed by atoms with Crippen molar-refractivity contribution in [1.29, 1.82) is 0 Å². The van der Waals surface area contributed by atoms with E-state index >= 15 is 0 Å². The van der Waals surface area contributed by atoms with Gasteiger partial charge < -0.3 is 15.0 Å². The number of hydrogen-bond acceptors (Lipinski definition) is 4. The molecule has 1 unspecified atom stereocenters. The van der Waals surface area contributed by atoms with Gasteiger partial charge in [0, 0.05) is 13.1 Å². The molecule has 0 spiro atoms. The number of rotatable bonds is 3. The summed E-state index contributed by atoms with van der Waals surface area (Å²) in [4.78, 5) is 27.2. The first-order valence-corrected chi connectivity index (χ1v) is 7.85. The first-order valence-electron chi connectivity index (χ1n) is 6.97. The van der Waals surface area contributed by atoms with Crippen LogP contribution >= 0.6 is 11.3 Å². The molecule has 1 atom stereocenters. The molecule has 0 saturated carbocycles. The second-order valence-corrected chi connectivity index (χ2v) is 5.89. The van der Waals surface area contributed by atoms with Crippen LogP contribution in [0.4, 0.5) is 0 Å². The summed E-state index contributed by atoms with van der Waals surface area (Å²) in [7, 11) is 1.59. The Morgan fingerprint density at radius 1 is 1.32 bits per heavy atom.